The summed E-state index contributed by atoms with van der Waals surface area (Å²) in [7, 11) is 6.11. The van der Waals surface area contributed by atoms with E-state index in [2.05, 4.69) is 49.7 Å². The fourth-order valence-electron chi connectivity index (χ4n) is 3.19. The van der Waals surface area contributed by atoms with E-state index in [1.54, 1.807) is 7.11 Å². The minimum absolute atomic E-state index is 0.410. The van der Waals surface area contributed by atoms with Crippen LogP contribution in [0, 0.1) is 0 Å². The van der Waals surface area contributed by atoms with E-state index >= 15 is 0 Å². The van der Waals surface area contributed by atoms with Gasteiger partial charge in [-0.2, -0.15) is 0 Å². The highest BCUT2D eigenvalue weighted by Crippen LogP contribution is 2.30. The molecule has 0 saturated heterocycles. The maximum absolute atomic E-state index is 5.67. The summed E-state index contributed by atoms with van der Waals surface area (Å²) in [5.74, 6) is 2.62. The van der Waals surface area contributed by atoms with Gasteiger partial charge in [-0.05, 0) is 30.3 Å². The topological polar surface area (TPSA) is 48.7 Å². The zero-order chi connectivity index (χ0) is 17.6. The van der Waals surface area contributed by atoms with E-state index in [9.17, 15) is 0 Å². The summed E-state index contributed by atoms with van der Waals surface area (Å²) in [5.41, 5.74) is 2.56. The first kappa shape index (κ1) is 17.6. The van der Waals surface area contributed by atoms with Crippen LogP contribution < -0.4 is 24.4 Å². The molecular formula is C20H28N2O3+2. The predicted molar refractivity (Wildman–Crippen MR) is 96.5 cm³/mol. The molecule has 5 nitrogen and oxygen atoms in total. The number of ether oxygens (including phenoxy) is 3. The SMILES string of the molecule is COc1cccc([C@@H](C[NH2+]Cc2ccc3c(c2)OCCO3)[NH+](C)C)c1. The second-order valence-electron chi connectivity index (χ2n) is 6.61. The van der Waals surface area contributed by atoms with Crippen LogP contribution in [0.15, 0.2) is 42.5 Å². The molecule has 1 aliphatic heterocycles. The summed E-state index contributed by atoms with van der Waals surface area (Å²) in [6, 6.07) is 15.0. The van der Waals surface area contributed by atoms with Crippen molar-refractivity contribution in [3.8, 4) is 17.2 Å². The van der Waals surface area contributed by atoms with Crippen molar-refractivity contribution in [1.29, 1.82) is 0 Å². The van der Waals surface area contributed by atoms with Gasteiger partial charge >= 0.3 is 0 Å². The van der Waals surface area contributed by atoms with E-state index in [4.69, 9.17) is 14.2 Å². The molecule has 0 aliphatic carbocycles. The van der Waals surface area contributed by atoms with Gasteiger partial charge in [-0.1, -0.05) is 12.1 Å². The highest BCUT2D eigenvalue weighted by atomic mass is 16.6. The lowest BCUT2D eigenvalue weighted by Gasteiger charge is -2.21. The van der Waals surface area contributed by atoms with Crippen LogP contribution in [0.1, 0.15) is 17.2 Å². The molecular weight excluding hydrogens is 316 g/mol. The molecule has 3 N–H and O–H groups in total. The Bertz CT molecular complexity index is 703. The standard InChI is InChI=1S/C20H26N2O3/c1-22(2)18(16-5-4-6-17(12-16)23-3)14-21-13-15-7-8-19-20(11-15)25-10-9-24-19/h4-8,11-12,18,21H,9-10,13-14H2,1-3H3/p+2/t18-/m1/s1. The summed E-state index contributed by atoms with van der Waals surface area (Å²) in [6.07, 6.45) is 0. The molecule has 3 rings (SSSR count). The largest absolute Gasteiger partial charge is 0.497 e. The molecule has 0 spiro atoms. The number of hydrogen-bond donors (Lipinski definition) is 2. The van der Waals surface area contributed by atoms with Crippen LogP contribution in [-0.4, -0.2) is 41.0 Å². The van der Waals surface area contributed by atoms with Crippen LogP contribution in [0.5, 0.6) is 17.2 Å². The molecule has 1 heterocycles. The van der Waals surface area contributed by atoms with E-state index < -0.39 is 0 Å². The van der Waals surface area contributed by atoms with Gasteiger partial charge in [0.25, 0.3) is 0 Å². The van der Waals surface area contributed by atoms with E-state index in [1.165, 1.54) is 16.0 Å². The normalized spacial score (nSPS) is 14.4. The molecule has 0 amide bonds. The van der Waals surface area contributed by atoms with E-state index in [-0.39, 0.29) is 0 Å². The van der Waals surface area contributed by atoms with Crippen molar-refractivity contribution in [2.24, 2.45) is 0 Å². The van der Waals surface area contributed by atoms with Crippen molar-refractivity contribution in [1.82, 2.24) is 0 Å². The maximum atomic E-state index is 5.67. The minimum atomic E-state index is 0.410. The van der Waals surface area contributed by atoms with Crippen LogP contribution in [0.2, 0.25) is 0 Å². The van der Waals surface area contributed by atoms with Crippen molar-refractivity contribution in [3.63, 3.8) is 0 Å². The molecule has 0 saturated carbocycles. The number of methoxy groups -OCH3 is 1. The van der Waals surface area contributed by atoms with E-state index in [1.807, 2.05) is 12.1 Å². The lowest BCUT2D eigenvalue weighted by atomic mass is 10.1. The monoisotopic (exact) mass is 344 g/mol. The first-order valence-corrected chi connectivity index (χ1v) is 8.81. The van der Waals surface area contributed by atoms with E-state index in [0.717, 1.165) is 30.3 Å². The second-order valence-corrected chi connectivity index (χ2v) is 6.61. The molecule has 2 aromatic rings. The molecule has 0 radical (unpaired) electrons. The maximum Gasteiger partial charge on any atom is 0.162 e. The van der Waals surface area contributed by atoms with Gasteiger partial charge in [0.1, 0.15) is 32.1 Å². The van der Waals surface area contributed by atoms with Gasteiger partial charge in [0, 0.05) is 11.1 Å². The smallest absolute Gasteiger partial charge is 0.162 e. The fourth-order valence-corrected chi connectivity index (χ4v) is 3.19. The van der Waals surface area contributed by atoms with E-state index in [0.29, 0.717) is 19.3 Å². The summed E-state index contributed by atoms with van der Waals surface area (Å²) >= 11 is 0. The molecule has 1 atom stereocenters. The lowest BCUT2D eigenvalue weighted by Crippen LogP contribution is -3.09. The van der Waals surface area contributed by atoms with Crippen LogP contribution in [0.3, 0.4) is 0 Å². The quantitative estimate of drug-likeness (QED) is 0.765. The van der Waals surface area contributed by atoms with Crippen LogP contribution in [-0.2, 0) is 6.54 Å². The number of quaternary nitrogens is 2. The Hall–Kier alpha value is -2.24. The average molecular weight is 344 g/mol. The molecule has 25 heavy (non-hydrogen) atoms. The molecule has 5 heteroatoms. The Kier molecular flexibility index (Phi) is 5.79. The van der Waals surface area contributed by atoms with Crippen molar-refractivity contribution in [2.75, 3.05) is 41.0 Å². The summed E-state index contributed by atoms with van der Waals surface area (Å²) in [4.78, 5) is 1.41. The van der Waals surface area contributed by atoms with Gasteiger partial charge in [0.05, 0.1) is 21.2 Å². The molecule has 134 valence electrons. The van der Waals surface area contributed by atoms with Gasteiger partial charge in [-0.25, -0.2) is 0 Å². The van der Waals surface area contributed by atoms with Crippen LogP contribution >= 0.6 is 0 Å². The zero-order valence-corrected chi connectivity index (χ0v) is 15.2. The number of nitrogens with one attached hydrogen (secondary N) is 1. The summed E-state index contributed by atoms with van der Waals surface area (Å²) in [6.45, 7) is 3.18. The van der Waals surface area contributed by atoms with Crippen molar-refractivity contribution in [3.05, 3.63) is 53.6 Å². The molecule has 0 unspecified atom stereocenters. The lowest BCUT2D eigenvalue weighted by molar-refractivity contribution is -0.910. The van der Waals surface area contributed by atoms with Gasteiger partial charge in [0.2, 0.25) is 0 Å². The fraction of sp³-hybridized carbons (Fsp3) is 0.400. The molecule has 0 aromatic heterocycles. The van der Waals surface area contributed by atoms with Crippen LogP contribution in [0.25, 0.3) is 0 Å². The third-order valence-electron chi connectivity index (χ3n) is 4.58. The Morgan fingerprint density at radius 1 is 1.08 bits per heavy atom. The number of fused-ring (bicyclic) bond motifs is 1. The van der Waals surface area contributed by atoms with Crippen molar-refractivity contribution >= 4 is 0 Å². The second kappa shape index (κ2) is 8.23. The highest BCUT2D eigenvalue weighted by Gasteiger charge is 2.20. The third-order valence-corrected chi connectivity index (χ3v) is 4.58. The first-order chi connectivity index (χ1) is 12.2. The number of nitrogens with two attached hydrogens (primary N) is 1. The Morgan fingerprint density at radius 2 is 1.88 bits per heavy atom. The van der Waals surface area contributed by atoms with Gasteiger partial charge in [-0.15, -0.1) is 0 Å². The van der Waals surface area contributed by atoms with Gasteiger partial charge in [0.15, 0.2) is 17.5 Å². The third kappa shape index (κ3) is 4.44. The first-order valence-electron chi connectivity index (χ1n) is 8.81. The predicted octanol–water partition coefficient (Wildman–Crippen LogP) is 0.416. The summed E-state index contributed by atoms with van der Waals surface area (Å²) in [5, 5.41) is 2.35. The molecule has 0 fully saturated rings. The van der Waals surface area contributed by atoms with Crippen molar-refractivity contribution in [2.45, 2.75) is 12.6 Å². The molecule has 1 aliphatic rings. The van der Waals surface area contributed by atoms with Gasteiger partial charge in [-0.3, -0.25) is 0 Å². The average Bonchev–Trinajstić information content (AvgIpc) is 2.65. The number of likely N-dealkylation sites (N-methyl/N-ethyl adjacent to an activating group) is 1. The van der Waals surface area contributed by atoms with Crippen LogP contribution in [0.4, 0.5) is 0 Å². The Morgan fingerprint density at radius 3 is 2.64 bits per heavy atom. The number of rotatable bonds is 7. The van der Waals surface area contributed by atoms with Gasteiger partial charge < -0.3 is 24.4 Å². The number of hydrogen-bond acceptors (Lipinski definition) is 3. The van der Waals surface area contributed by atoms with Crippen molar-refractivity contribution < 1.29 is 24.4 Å². The summed E-state index contributed by atoms with van der Waals surface area (Å²) < 4.78 is 16.6. The molecule has 2 aromatic carbocycles. The Labute approximate surface area is 149 Å². The zero-order valence-electron chi connectivity index (χ0n) is 15.2. The minimum Gasteiger partial charge on any atom is -0.497 e. The molecule has 0 bridgehead atoms. The number of benzene rings is 2. The Balaban J connectivity index is 1.62. The highest BCUT2D eigenvalue weighted by molar-refractivity contribution is 5.43.